The second-order valence-corrected chi connectivity index (χ2v) is 33.6. The van der Waals surface area contributed by atoms with Crippen LogP contribution >= 0.6 is 15.6 Å². The largest absolute Gasteiger partial charge is 0.472 e. The Labute approximate surface area is 632 Å². The quantitative estimate of drug-likeness (QED) is 0.0222. The van der Waals surface area contributed by atoms with E-state index in [2.05, 4.69) is 41.5 Å². The zero-order valence-corrected chi connectivity index (χ0v) is 69.4. The molecule has 4 unspecified atom stereocenters. The average molecular weight is 1510 g/mol. The first-order valence-corrected chi connectivity index (χ1v) is 46.6. The van der Waals surface area contributed by atoms with Gasteiger partial charge in [-0.2, -0.15) is 0 Å². The minimum absolute atomic E-state index is 0.108. The zero-order valence-electron chi connectivity index (χ0n) is 67.6. The molecule has 0 aromatic heterocycles. The molecule has 0 aromatic rings. The van der Waals surface area contributed by atoms with E-state index in [9.17, 15) is 43.2 Å². The average Bonchev–Trinajstić information content (AvgIpc) is 0.911. The maximum atomic E-state index is 13.1. The molecule has 0 heterocycles. The molecule has 103 heavy (non-hydrogen) atoms. The Balaban J connectivity index is 5.24. The van der Waals surface area contributed by atoms with Crippen LogP contribution in [0.2, 0.25) is 0 Å². The van der Waals surface area contributed by atoms with E-state index >= 15 is 0 Å². The van der Waals surface area contributed by atoms with Crippen LogP contribution in [-0.2, 0) is 65.4 Å². The molecule has 0 aromatic carbocycles. The number of aliphatic hydroxyl groups excluding tert-OH is 1. The van der Waals surface area contributed by atoms with Gasteiger partial charge >= 0.3 is 39.5 Å². The van der Waals surface area contributed by atoms with Crippen LogP contribution in [0.25, 0.3) is 0 Å². The maximum absolute atomic E-state index is 13.1. The predicted molar refractivity (Wildman–Crippen MR) is 423 cm³/mol. The predicted octanol–water partition coefficient (Wildman–Crippen LogP) is 25.5. The molecule has 0 spiro atoms. The first kappa shape index (κ1) is 101. The van der Waals surface area contributed by atoms with Crippen LogP contribution in [0.3, 0.4) is 0 Å². The summed E-state index contributed by atoms with van der Waals surface area (Å²) in [6.07, 6.45) is 66.4. The van der Waals surface area contributed by atoms with Crippen molar-refractivity contribution < 1.29 is 80.2 Å². The molecule has 0 saturated heterocycles. The van der Waals surface area contributed by atoms with Gasteiger partial charge in [0.05, 0.1) is 26.4 Å². The summed E-state index contributed by atoms with van der Waals surface area (Å²) >= 11 is 0. The SMILES string of the molecule is CCCCCCCCCCCCCCCCCCCC(=O)O[C@H](COC(=O)CCCCCCCCCCCC)COP(=O)(O)OC[C@H](O)COP(=O)(O)OC[C@@H](COC(=O)CCCCCCCCCCCCCCCCC(C)CC)OC(=O)CCCCCCCCCCCCCCCCC(C)CC. The second-order valence-electron chi connectivity index (χ2n) is 30.7. The summed E-state index contributed by atoms with van der Waals surface area (Å²) in [5, 5.41) is 10.7. The van der Waals surface area contributed by atoms with E-state index in [-0.39, 0.29) is 25.7 Å². The minimum atomic E-state index is -4.96. The van der Waals surface area contributed by atoms with Crippen LogP contribution in [-0.4, -0.2) is 96.7 Å². The molecule has 3 N–H and O–H groups in total. The van der Waals surface area contributed by atoms with Crippen molar-refractivity contribution in [2.24, 2.45) is 11.8 Å². The van der Waals surface area contributed by atoms with E-state index in [0.29, 0.717) is 25.7 Å². The number of carbonyl (C=O) groups excluding carboxylic acids is 4. The molecule has 17 nitrogen and oxygen atoms in total. The maximum Gasteiger partial charge on any atom is 0.472 e. The summed E-state index contributed by atoms with van der Waals surface area (Å²) in [4.78, 5) is 73.1. The number of unbranched alkanes of at least 4 members (excludes halogenated alkanes) is 51. The van der Waals surface area contributed by atoms with Gasteiger partial charge in [0, 0.05) is 25.7 Å². The number of ether oxygens (including phenoxy) is 4. The smallest absolute Gasteiger partial charge is 0.462 e. The van der Waals surface area contributed by atoms with Crippen LogP contribution in [0.15, 0.2) is 0 Å². The Morgan fingerprint density at radius 3 is 0.689 bits per heavy atom. The van der Waals surface area contributed by atoms with Gasteiger partial charge in [-0.15, -0.1) is 0 Å². The van der Waals surface area contributed by atoms with Gasteiger partial charge in [0.1, 0.15) is 19.3 Å². The lowest BCUT2D eigenvalue weighted by Crippen LogP contribution is -2.30. The number of hydrogen-bond donors (Lipinski definition) is 3. The molecule has 0 fully saturated rings. The van der Waals surface area contributed by atoms with E-state index in [1.54, 1.807) is 0 Å². The van der Waals surface area contributed by atoms with Gasteiger partial charge in [0.2, 0.25) is 0 Å². The fourth-order valence-corrected chi connectivity index (χ4v) is 14.6. The molecule has 0 aliphatic carbocycles. The zero-order chi connectivity index (χ0) is 75.6. The number of hydrogen-bond acceptors (Lipinski definition) is 15. The number of aliphatic hydroxyl groups is 1. The van der Waals surface area contributed by atoms with Crippen molar-refractivity contribution in [1.29, 1.82) is 0 Å². The summed E-state index contributed by atoms with van der Waals surface area (Å²) in [5.41, 5.74) is 0. The molecule has 0 bridgehead atoms. The Hall–Kier alpha value is -1.94. The highest BCUT2D eigenvalue weighted by molar-refractivity contribution is 7.47. The highest BCUT2D eigenvalue weighted by Gasteiger charge is 2.30. The third kappa shape index (κ3) is 75.3. The lowest BCUT2D eigenvalue weighted by atomic mass is 9.99. The monoisotopic (exact) mass is 1510 g/mol. The van der Waals surface area contributed by atoms with Crippen molar-refractivity contribution in [3.05, 3.63) is 0 Å². The van der Waals surface area contributed by atoms with E-state index in [4.69, 9.17) is 37.0 Å². The fraction of sp³-hybridized carbons (Fsp3) is 0.952. The molecule has 612 valence electrons. The summed E-state index contributed by atoms with van der Waals surface area (Å²) < 4.78 is 68.8. The standard InChI is InChI=1S/C84H164O17P2/c1-7-11-13-15-17-19-21-22-23-24-25-33-38-44-50-56-62-68-83(88)100-79(72-94-81(86)66-60-54-48-42-20-18-16-14-12-8-2)74-98-102(90,91)96-70-78(85)71-97-103(92,93)99-75-80(101-84(89)69-63-57-51-45-39-34-29-27-31-36-41-47-53-59-65-77(6)10-4)73-95-82(87)67-61-55-49-43-37-32-28-26-30-35-40-46-52-58-64-76(5)9-3/h76-80,85H,7-75H2,1-6H3,(H,90,91)(H,92,93)/t76?,77?,78-,79+,80+/m0/s1. The molecule has 0 amide bonds. The summed E-state index contributed by atoms with van der Waals surface area (Å²) in [7, 11) is -9.92. The third-order valence-electron chi connectivity index (χ3n) is 20.4. The van der Waals surface area contributed by atoms with E-state index in [1.165, 1.54) is 263 Å². The normalized spacial score (nSPS) is 14.4. The van der Waals surface area contributed by atoms with Crippen molar-refractivity contribution in [2.75, 3.05) is 39.6 Å². The van der Waals surface area contributed by atoms with Crippen LogP contribution in [0.1, 0.15) is 446 Å². The van der Waals surface area contributed by atoms with E-state index in [1.807, 2.05) is 0 Å². The molecular formula is C84H164O17P2. The van der Waals surface area contributed by atoms with Gasteiger partial charge in [-0.25, -0.2) is 9.13 Å². The van der Waals surface area contributed by atoms with Crippen molar-refractivity contribution >= 4 is 39.5 Å². The molecule has 0 radical (unpaired) electrons. The lowest BCUT2D eigenvalue weighted by Gasteiger charge is -2.21. The van der Waals surface area contributed by atoms with Crippen molar-refractivity contribution in [3.8, 4) is 0 Å². The van der Waals surface area contributed by atoms with Gasteiger partial charge < -0.3 is 33.8 Å². The van der Waals surface area contributed by atoms with Crippen LogP contribution in [0.5, 0.6) is 0 Å². The Morgan fingerprint density at radius 2 is 0.466 bits per heavy atom. The number of carbonyl (C=O) groups is 4. The first-order chi connectivity index (χ1) is 49.9. The van der Waals surface area contributed by atoms with Gasteiger partial charge in [0.25, 0.3) is 0 Å². The molecule has 0 saturated carbocycles. The summed E-state index contributed by atoms with van der Waals surface area (Å²) in [6, 6.07) is 0. The molecule has 19 heteroatoms. The highest BCUT2D eigenvalue weighted by Crippen LogP contribution is 2.45. The van der Waals surface area contributed by atoms with Gasteiger partial charge in [0.15, 0.2) is 12.2 Å². The first-order valence-electron chi connectivity index (χ1n) is 43.6. The highest BCUT2D eigenvalue weighted by atomic mass is 31.2. The fourth-order valence-electron chi connectivity index (χ4n) is 13.0. The lowest BCUT2D eigenvalue weighted by molar-refractivity contribution is -0.161. The van der Waals surface area contributed by atoms with Gasteiger partial charge in [-0.3, -0.25) is 37.3 Å². The summed E-state index contributed by atoms with van der Waals surface area (Å²) in [5.74, 6) is -0.407. The summed E-state index contributed by atoms with van der Waals surface area (Å²) in [6.45, 7) is 9.76. The number of phosphoric ester groups is 2. The molecule has 0 aliphatic heterocycles. The Morgan fingerprint density at radius 1 is 0.272 bits per heavy atom. The van der Waals surface area contributed by atoms with Crippen molar-refractivity contribution in [2.45, 2.75) is 464 Å². The molecule has 0 aliphatic rings. The number of phosphoric acid groups is 2. The molecular weight excluding hydrogens is 1340 g/mol. The third-order valence-corrected chi connectivity index (χ3v) is 22.3. The number of esters is 4. The topological polar surface area (TPSA) is 237 Å². The van der Waals surface area contributed by atoms with E-state index in [0.717, 1.165) is 102 Å². The van der Waals surface area contributed by atoms with Gasteiger partial charge in [-0.05, 0) is 37.5 Å². The van der Waals surface area contributed by atoms with E-state index < -0.39 is 97.5 Å². The van der Waals surface area contributed by atoms with Crippen molar-refractivity contribution in [1.82, 2.24) is 0 Å². The van der Waals surface area contributed by atoms with Crippen molar-refractivity contribution in [3.63, 3.8) is 0 Å². The van der Waals surface area contributed by atoms with Crippen LogP contribution in [0, 0.1) is 11.8 Å². The van der Waals surface area contributed by atoms with Crippen LogP contribution < -0.4 is 0 Å². The van der Waals surface area contributed by atoms with Gasteiger partial charge in [-0.1, -0.05) is 395 Å². The minimum Gasteiger partial charge on any atom is -0.462 e. The Bertz CT molecular complexity index is 1980. The molecule has 0 rings (SSSR count). The second kappa shape index (κ2) is 75.5. The molecule has 7 atom stereocenters. The van der Waals surface area contributed by atoms with Crippen LogP contribution in [0.4, 0.5) is 0 Å². The number of rotatable bonds is 83. The Kier molecular flexibility index (Phi) is 74.1.